The fraction of sp³-hybridized carbons (Fsp3) is 1.00. The summed E-state index contributed by atoms with van der Waals surface area (Å²) in [6.45, 7) is 0.575. The summed E-state index contributed by atoms with van der Waals surface area (Å²) in [5, 5.41) is 9.01. The summed E-state index contributed by atoms with van der Waals surface area (Å²) in [6, 6.07) is 0. The smallest absolute Gasteiger partial charge is 0.160 e. The van der Waals surface area contributed by atoms with Crippen LogP contribution in [0.15, 0.2) is 0 Å². The van der Waals surface area contributed by atoms with Crippen molar-refractivity contribution >= 4 is 0 Å². The Labute approximate surface area is 47.2 Å². The topological polar surface area (TPSA) is 38.7 Å². The molecule has 2 rings (SSSR count). The van der Waals surface area contributed by atoms with Gasteiger partial charge in [-0.15, -0.1) is 0 Å². The van der Waals surface area contributed by atoms with Crippen molar-refractivity contribution in [3.8, 4) is 0 Å². The molecule has 0 aromatic heterocycles. The first-order chi connectivity index (χ1) is 3.86. The first kappa shape index (κ1) is 4.73. The SMILES string of the molecule is OC1C[C@H]2OC[C@@H]1O2. The lowest BCUT2D eigenvalue weighted by molar-refractivity contribution is -0.0292. The van der Waals surface area contributed by atoms with E-state index in [4.69, 9.17) is 14.6 Å². The number of fused-ring (bicyclic) bond motifs is 2. The molecule has 2 saturated heterocycles. The Hall–Kier alpha value is -0.120. The number of hydrogen-bond acceptors (Lipinski definition) is 3. The monoisotopic (exact) mass is 116 g/mol. The molecule has 0 amide bonds. The molecular formula is C5H8O3. The minimum Gasteiger partial charge on any atom is -0.390 e. The Morgan fingerprint density at radius 1 is 1.50 bits per heavy atom. The van der Waals surface area contributed by atoms with E-state index in [0.29, 0.717) is 13.0 Å². The van der Waals surface area contributed by atoms with Crippen LogP contribution in [0.1, 0.15) is 6.42 Å². The van der Waals surface area contributed by atoms with E-state index < -0.39 is 0 Å². The third kappa shape index (κ3) is 0.491. The molecule has 0 aromatic carbocycles. The van der Waals surface area contributed by atoms with Crippen molar-refractivity contribution in [2.75, 3.05) is 6.61 Å². The van der Waals surface area contributed by atoms with E-state index >= 15 is 0 Å². The molecule has 8 heavy (non-hydrogen) atoms. The standard InChI is InChI=1S/C5H8O3/c6-3-1-5-7-2-4(3)8-5/h3-6H,1-2H2/t3?,4-,5-/m0/s1. The molecule has 3 atom stereocenters. The predicted octanol–water partition coefficient (Wildman–Crippen LogP) is -0.508. The molecule has 46 valence electrons. The molecule has 1 unspecified atom stereocenters. The van der Waals surface area contributed by atoms with Crippen LogP contribution in [0, 0.1) is 0 Å². The van der Waals surface area contributed by atoms with Crippen LogP contribution in [0.4, 0.5) is 0 Å². The molecule has 0 radical (unpaired) electrons. The molecule has 2 aliphatic rings. The molecule has 0 aliphatic carbocycles. The third-order valence-corrected chi connectivity index (χ3v) is 1.64. The van der Waals surface area contributed by atoms with Crippen molar-refractivity contribution in [3.05, 3.63) is 0 Å². The molecule has 3 nitrogen and oxygen atoms in total. The highest BCUT2D eigenvalue weighted by molar-refractivity contribution is 4.82. The maximum Gasteiger partial charge on any atom is 0.160 e. The van der Waals surface area contributed by atoms with Crippen LogP contribution >= 0.6 is 0 Å². The van der Waals surface area contributed by atoms with Gasteiger partial charge < -0.3 is 14.6 Å². The van der Waals surface area contributed by atoms with E-state index in [1.54, 1.807) is 0 Å². The first-order valence-electron chi connectivity index (χ1n) is 2.81. The second kappa shape index (κ2) is 1.43. The van der Waals surface area contributed by atoms with Crippen molar-refractivity contribution in [2.24, 2.45) is 0 Å². The van der Waals surface area contributed by atoms with Crippen molar-refractivity contribution in [1.82, 2.24) is 0 Å². The average molecular weight is 116 g/mol. The van der Waals surface area contributed by atoms with Gasteiger partial charge in [0.05, 0.1) is 12.7 Å². The van der Waals surface area contributed by atoms with Gasteiger partial charge in [-0.1, -0.05) is 0 Å². The molecule has 2 bridgehead atoms. The summed E-state index contributed by atoms with van der Waals surface area (Å²) in [5.74, 6) is 0. The van der Waals surface area contributed by atoms with Crippen molar-refractivity contribution in [3.63, 3.8) is 0 Å². The molecule has 0 aromatic rings. The van der Waals surface area contributed by atoms with E-state index in [1.807, 2.05) is 0 Å². The molecule has 1 N–H and O–H groups in total. The molecule has 2 heterocycles. The van der Waals surface area contributed by atoms with Gasteiger partial charge in [-0.2, -0.15) is 0 Å². The molecule has 0 spiro atoms. The molecule has 0 saturated carbocycles. The molecule has 3 heteroatoms. The van der Waals surface area contributed by atoms with E-state index in [-0.39, 0.29) is 18.5 Å². The van der Waals surface area contributed by atoms with Crippen LogP contribution in [-0.2, 0) is 9.47 Å². The second-order valence-electron chi connectivity index (χ2n) is 2.24. The van der Waals surface area contributed by atoms with Gasteiger partial charge in [0.25, 0.3) is 0 Å². The lowest BCUT2D eigenvalue weighted by Gasteiger charge is -2.10. The Morgan fingerprint density at radius 3 is 2.62 bits per heavy atom. The van der Waals surface area contributed by atoms with Gasteiger partial charge in [0, 0.05) is 6.42 Å². The number of aliphatic hydroxyl groups is 1. The summed E-state index contributed by atoms with van der Waals surface area (Å²) in [5.41, 5.74) is 0. The quantitative estimate of drug-likeness (QED) is 0.463. The van der Waals surface area contributed by atoms with Crippen LogP contribution in [0.2, 0.25) is 0 Å². The fourth-order valence-corrected chi connectivity index (χ4v) is 1.15. The number of hydrogen-bond donors (Lipinski definition) is 1. The minimum absolute atomic E-state index is 0.0278. The van der Waals surface area contributed by atoms with Gasteiger partial charge in [-0.3, -0.25) is 0 Å². The molecule has 2 aliphatic heterocycles. The largest absolute Gasteiger partial charge is 0.390 e. The van der Waals surface area contributed by atoms with E-state index in [9.17, 15) is 0 Å². The Morgan fingerprint density at radius 2 is 2.38 bits per heavy atom. The van der Waals surface area contributed by atoms with Gasteiger partial charge >= 0.3 is 0 Å². The maximum atomic E-state index is 9.01. The van der Waals surface area contributed by atoms with E-state index in [0.717, 1.165) is 0 Å². The summed E-state index contributed by atoms with van der Waals surface area (Å²) in [4.78, 5) is 0. The highest BCUT2D eigenvalue weighted by Gasteiger charge is 2.40. The second-order valence-corrected chi connectivity index (χ2v) is 2.24. The van der Waals surface area contributed by atoms with Gasteiger partial charge in [0.15, 0.2) is 6.29 Å². The normalized spacial score (nSPS) is 52.9. The number of ether oxygens (including phenoxy) is 2. The zero-order valence-corrected chi connectivity index (χ0v) is 4.41. The fourth-order valence-electron chi connectivity index (χ4n) is 1.15. The van der Waals surface area contributed by atoms with Crippen molar-refractivity contribution in [2.45, 2.75) is 24.9 Å². The first-order valence-corrected chi connectivity index (χ1v) is 2.81. The molecule has 2 fully saturated rings. The van der Waals surface area contributed by atoms with Crippen LogP contribution in [0.25, 0.3) is 0 Å². The Bertz CT molecular complexity index is 102. The summed E-state index contributed by atoms with van der Waals surface area (Å²) < 4.78 is 10.2. The predicted molar refractivity (Wildman–Crippen MR) is 25.2 cm³/mol. The van der Waals surface area contributed by atoms with Gasteiger partial charge in [-0.25, -0.2) is 0 Å². The minimum atomic E-state index is -0.270. The van der Waals surface area contributed by atoms with E-state index in [1.165, 1.54) is 0 Å². The highest BCUT2D eigenvalue weighted by Crippen LogP contribution is 2.27. The zero-order chi connectivity index (χ0) is 5.56. The molecular weight excluding hydrogens is 108 g/mol. The lowest BCUT2D eigenvalue weighted by Crippen LogP contribution is -2.26. The average Bonchev–Trinajstić information content (AvgIpc) is 2.23. The Balaban J connectivity index is 2.11. The van der Waals surface area contributed by atoms with Gasteiger partial charge in [-0.05, 0) is 0 Å². The summed E-state index contributed by atoms with van der Waals surface area (Å²) in [6.07, 6.45) is 0.258. The maximum absolute atomic E-state index is 9.01. The van der Waals surface area contributed by atoms with Crippen molar-refractivity contribution < 1.29 is 14.6 Å². The zero-order valence-electron chi connectivity index (χ0n) is 4.41. The van der Waals surface area contributed by atoms with E-state index in [2.05, 4.69) is 0 Å². The lowest BCUT2D eigenvalue weighted by atomic mass is 10.2. The van der Waals surface area contributed by atoms with Crippen LogP contribution in [0.3, 0.4) is 0 Å². The summed E-state index contributed by atoms with van der Waals surface area (Å²) >= 11 is 0. The third-order valence-electron chi connectivity index (χ3n) is 1.64. The summed E-state index contributed by atoms with van der Waals surface area (Å²) in [7, 11) is 0. The van der Waals surface area contributed by atoms with Crippen LogP contribution in [-0.4, -0.2) is 30.2 Å². The Kier molecular flexibility index (Phi) is 0.848. The van der Waals surface area contributed by atoms with Gasteiger partial charge in [0.2, 0.25) is 0 Å². The van der Waals surface area contributed by atoms with Crippen LogP contribution in [0.5, 0.6) is 0 Å². The van der Waals surface area contributed by atoms with Crippen molar-refractivity contribution in [1.29, 1.82) is 0 Å². The van der Waals surface area contributed by atoms with Gasteiger partial charge in [0.1, 0.15) is 6.10 Å². The highest BCUT2D eigenvalue weighted by atomic mass is 16.7. The number of aliphatic hydroxyl groups excluding tert-OH is 1. The van der Waals surface area contributed by atoms with Crippen LogP contribution < -0.4 is 0 Å². The number of rotatable bonds is 0.